The fraction of sp³-hybridized carbons (Fsp3) is 0.462. The van der Waals surface area contributed by atoms with E-state index in [4.69, 9.17) is 9.84 Å². The fourth-order valence-corrected chi connectivity index (χ4v) is 1.47. The highest BCUT2D eigenvalue weighted by Crippen LogP contribution is 2.14. The summed E-state index contributed by atoms with van der Waals surface area (Å²) in [6.45, 7) is 4.27. The van der Waals surface area contributed by atoms with Gasteiger partial charge in [-0.3, -0.25) is 0 Å². The van der Waals surface area contributed by atoms with E-state index in [1.807, 2.05) is 6.07 Å². The van der Waals surface area contributed by atoms with Gasteiger partial charge in [-0.1, -0.05) is 19.1 Å². The second kappa shape index (κ2) is 7.68. The Morgan fingerprint density at radius 1 is 1.35 bits per heavy atom. The molecule has 0 amide bonds. The number of rotatable bonds is 8. The molecule has 0 saturated heterocycles. The molecule has 0 spiro atoms. The summed E-state index contributed by atoms with van der Waals surface area (Å²) in [7, 11) is 0. The van der Waals surface area contributed by atoms with Gasteiger partial charge in [0.2, 0.25) is 0 Å². The van der Waals surface area contributed by atoms with Crippen LogP contribution >= 0.6 is 0 Å². The van der Waals surface area contributed by atoms with Crippen molar-refractivity contribution in [3.8, 4) is 0 Å². The third-order valence-corrected chi connectivity index (χ3v) is 2.29. The van der Waals surface area contributed by atoms with Gasteiger partial charge in [0.05, 0.1) is 5.56 Å². The van der Waals surface area contributed by atoms with Gasteiger partial charge in [-0.15, -0.1) is 0 Å². The molecule has 17 heavy (non-hydrogen) atoms. The predicted molar refractivity (Wildman–Crippen MR) is 67.6 cm³/mol. The SMILES string of the molecule is CCCOCCCNc1ccccc1C(=O)O. The second-order valence-electron chi connectivity index (χ2n) is 3.74. The largest absolute Gasteiger partial charge is 0.478 e. The molecule has 0 aromatic heterocycles. The zero-order valence-electron chi connectivity index (χ0n) is 10.1. The van der Waals surface area contributed by atoms with Crippen LogP contribution < -0.4 is 5.32 Å². The van der Waals surface area contributed by atoms with E-state index in [-0.39, 0.29) is 0 Å². The Bertz CT molecular complexity index is 352. The lowest BCUT2D eigenvalue weighted by molar-refractivity contribution is 0.0698. The van der Waals surface area contributed by atoms with Gasteiger partial charge in [0.15, 0.2) is 0 Å². The van der Waals surface area contributed by atoms with Gasteiger partial charge >= 0.3 is 5.97 Å². The third-order valence-electron chi connectivity index (χ3n) is 2.29. The number of carbonyl (C=O) groups is 1. The number of anilines is 1. The lowest BCUT2D eigenvalue weighted by Crippen LogP contribution is -2.09. The number of carboxylic acid groups (broad SMARTS) is 1. The molecule has 0 saturated carbocycles. The summed E-state index contributed by atoms with van der Waals surface area (Å²) in [6, 6.07) is 6.91. The van der Waals surface area contributed by atoms with E-state index in [1.165, 1.54) is 0 Å². The van der Waals surface area contributed by atoms with E-state index >= 15 is 0 Å². The third kappa shape index (κ3) is 4.87. The smallest absolute Gasteiger partial charge is 0.337 e. The van der Waals surface area contributed by atoms with Crippen LogP contribution in [-0.2, 0) is 4.74 Å². The summed E-state index contributed by atoms with van der Waals surface area (Å²) in [4.78, 5) is 10.9. The average Bonchev–Trinajstić information content (AvgIpc) is 2.34. The highest BCUT2D eigenvalue weighted by Gasteiger charge is 2.07. The van der Waals surface area contributed by atoms with E-state index in [9.17, 15) is 4.79 Å². The molecule has 0 atom stereocenters. The fourth-order valence-electron chi connectivity index (χ4n) is 1.47. The minimum absolute atomic E-state index is 0.307. The van der Waals surface area contributed by atoms with Gasteiger partial charge in [-0.05, 0) is 25.0 Å². The molecule has 0 fully saturated rings. The Morgan fingerprint density at radius 2 is 2.12 bits per heavy atom. The molecule has 0 aliphatic rings. The minimum atomic E-state index is -0.907. The van der Waals surface area contributed by atoms with Crippen LogP contribution in [-0.4, -0.2) is 30.8 Å². The van der Waals surface area contributed by atoms with Crippen molar-refractivity contribution in [3.63, 3.8) is 0 Å². The molecule has 0 radical (unpaired) electrons. The normalized spacial score (nSPS) is 10.2. The molecule has 1 aromatic rings. The topological polar surface area (TPSA) is 58.6 Å². The number of carboxylic acids is 1. The van der Waals surface area contributed by atoms with E-state index in [0.29, 0.717) is 24.4 Å². The average molecular weight is 237 g/mol. The molecule has 0 aliphatic heterocycles. The highest BCUT2D eigenvalue weighted by atomic mass is 16.5. The Kier molecular flexibility index (Phi) is 6.10. The van der Waals surface area contributed by atoms with E-state index in [0.717, 1.165) is 19.4 Å². The molecule has 0 bridgehead atoms. The monoisotopic (exact) mass is 237 g/mol. The minimum Gasteiger partial charge on any atom is -0.478 e. The standard InChI is InChI=1S/C13H19NO3/c1-2-9-17-10-5-8-14-12-7-4-3-6-11(12)13(15)16/h3-4,6-7,14H,2,5,8-10H2,1H3,(H,15,16). The molecule has 0 unspecified atom stereocenters. The maximum absolute atomic E-state index is 10.9. The summed E-state index contributed by atoms with van der Waals surface area (Å²) in [5.41, 5.74) is 0.970. The van der Waals surface area contributed by atoms with Gasteiger partial charge in [-0.2, -0.15) is 0 Å². The maximum Gasteiger partial charge on any atom is 0.337 e. The first kappa shape index (κ1) is 13.5. The number of hydrogen-bond acceptors (Lipinski definition) is 3. The van der Waals surface area contributed by atoms with Crippen molar-refractivity contribution in [2.75, 3.05) is 25.1 Å². The van der Waals surface area contributed by atoms with Crippen LogP contribution in [0.25, 0.3) is 0 Å². The predicted octanol–water partition coefficient (Wildman–Crippen LogP) is 2.61. The first-order chi connectivity index (χ1) is 8.25. The molecule has 2 N–H and O–H groups in total. The summed E-state index contributed by atoms with van der Waals surface area (Å²) in [5.74, 6) is -0.907. The number of para-hydroxylation sites is 1. The van der Waals surface area contributed by atoms with Gasteiger partial charge in [0, 0.05) is 25.4 Å². The summed E-state index contributed by atoms with van der Waals surface area (Å²) >= 11 is 0. The Morgan fingerprint density at radius 3 is 2.82 bits per heavy atom. The molecule has 94 valence electrons. The molecule has 1 rings (SSSR count). The quantitative estimate of drug-likeness (QED) is 0.682. The highest BCUT2D eigenvalue weighted by molar-refractivity contribution is 5.94. The van der Waals surface area contributed by atoms with Crippen LogP contribution in [0.5, 0.6) is 0 Å². The summed E-state index contributed by atoms with van der Waals surface area (Å²) in [5, 5.41) is 12.1. The molecular formula is C13H19NO3. The van der Waals surface area contributed by atoms with E-state index < -0.39 is 5.97 Å². The van der Waals surface area contributed by atoms with Crippen molar-refractivity contribution in [3.05, 3.63) is 29.8 Å². The van der Waals surface area contributed by atoms with E-state index in [2.05, 4.69) is 12.2 Å². The zero-order valence-corrected chi connectivity index (χ0v) is 10.1. The summed E-state index contributed by atoms with van der Waals surface area (Å²) < 4.78 is 5.34. The Balaban J connectivity index is 2.34. The zero-order chi connectivity index (χ0) is 12.5. The van der Waals surface area contributed by atoms with Crippen LogP contribution in [0.3, 0.4) is 0 Å². The number of ether oxygens (including phenoxy) is 1. The first-order valence-corrected chi connectivity index (χ1v) is 5.89. The molecule has 1 aromatic carbocycles. The lowest BCUT2D eigenvalue weighted by Gasteiger charge is -2.09. The van der Waals surface area contributed by atoms with Crippen LogP contribution in [0.15, 0.2) is 24.3 Å². The number of aromatic carboxylic acids is 1. The van der Waals surface area contributed by atoms with Crippen LogP contribution in [0.2, 0.25) is 0 Å². The van der Waals surface area contributed by atoms with Gasteiger partial charge in [0.25, 0.3) is 0 Å². The van der Waals surface area contributed by atoms with Crippen molar-refractivity contribution >= 4 is 11.7 Å². The number of benzene rings is 1. The lowest BCUT2D eigenvalue weighted by atomic mass is 10.2. The van der Waals surface area contributed by atoms with Crippen molar-refractivity contribution < 1.29 is 14.6 Å². The van der Waals surface area contributed by atoms with Crippen molar-refractivity contribution in [1.29, 1.82) is 0 Å². The van der Waals surface area contributed by atoms with Gasteiger partial charge < -0.3 is 15.2 Å². The number of nitrogens with one attached hydrogen (secondary N) is 1. The van der Waals surface area contributed by atoms with Gasteiger partial charge in [-0.25, -0.2) is 4.79 Å². The first-order valence-electron chi connectivity index (χ1n) is 5.89. The number of hydrogen-bond donors (Lipinski definition) is 2. The Hall–Kier alpha value is -1.55. The Labute approximate surface area is 102 Å². The molecule has 0 heterocycles. The van der Waals surface area contributed by atoms with Gasteiger partial charge in [0.1, 0.15) is 0 Å². The molecule has 4 heteroatoms. The van der Waals surface area contributed by atoms with Crippen LogP contribution in [0.4, 0.5) is 5.69 Å². The molecule has 0 aliphatic carbocycles. The van der Waals surface area contributed by atoms with Crippen molar-refractivity contribution in [1.82, 2.24) is 0 Å². The van der Waals surface area contributed by atoms with Crippen molar-refractivity contribution in [2.45, 2.75) is 19.8 Å². The molecular weight excluding hydrogens is 218 g/mol. The molecule has 4 nitrogen and oxygen atoms in total. The second-order valence-corrected chi connectivity index (χ2v) is 3.74. The summed E-state index contributed by atoms with van der Waals surface area (Å²) in [6.07, 6.45) is 1.89. The van der Waals surface area contributed by atoms with Crippen LogP contribution in [0, 0.1) is 0 Å². The van der Waals surface area contributed by atoms with Crippen molar-refractivity contribution in [2.24, 2.45) is 0 Å². The van der Waals surface area contributed by atoms with Crippen LogP contribution in [0.1, 0.15) is 30.1 Å². The van der Waals surface area contributed by atoms with E-state index in [1.54, 1.807) is 18.2 Å². The maximum atomic E-state index is 10.9.